The number of nitrogens with two attached hydrogens (primary N) is 1. The molecule has 2 unspecified atom stereocenters. The van der Waals surface area contributed by atoms with Crippen LogP contribution in [0.4, 0.5) is 13.2 Å². The molecule has 5 N–H and O–H groups in total. The van der Waals surface area contributed by atoms with Crippen LogP contribution in [0.2, 0.25) is 0 Å². The quantitative estimate of drug-likeness (QED) is 0.646. The van der Waals surface area contributed by atoms with E-state index < -0.39 is 30.1 Å². The normalized spacial score (nSPS) is 15.1. The smallest absolute Gasteiger partial charge is 0.507 e. The largest absolute Gasteiger partial charge is 0.573 e. The molecule has 5 nitrogen and oxygen atoms in total. The summed E-state index contributed by atoms with van der Waals surface area (Å²) >= 11 is 0. The maximum atomic E-state index is 12.0. The SMILES string of the molecule is NCCC(O)C(O)c1ccc(OC(F)(F)F)cc1O. The molecule has 0 heterocycles. The van der Waals surface area contributed by atoms with Gasteiger partial charge in [-0.1, -0.05) is 0 Å². The van der Waals surface area contributed by atoms with Crippen LogP contribution in [-0.2, 0) is 0 Å². The highest BCUT2D eigenvalue weighted by Crippen LogP contribution is 2.32. The summed E-state index contributed by atoms with van der Waals surface area (Å²) < 4.78 is 39.5. The van der Waals surface area contributed by atoms with Crippen molar-refractivity contribution in [3.63, 3.8) is 0 Å². The van der Waals surface area contributed by atoms with E-state index in [0.29, 0.717) is 6.07 Å². The van der Waals surface area contributed by atoms with Crippen molar-refractivity contribution >= 4 is 0 Å². The van der Waals surface area contributed by atoms with E-state index in [-0.39, 0.29) is 18.5 Å². The number of phenolic OH excluding ortho intramolecular Hbond substituents is 1. The van der Waals surface area contributed by atoms with Gasteiger partial charge in [-0.05, 0) is 25.1 Å². The zero-order valence-electron chi connectivity index (χ0n) is 9.76. The summed E-state index contributed by atoms with van der Waals surface area (Å²) in [6.07, 6.45) is -7.44. The molecule has 0 aliphatic rings. The summed E-state index contributed by atoms with van der Waals surface area (Å²) in [5, 5.41) is 28.7. The monoisotopic (exact) mass is 281 g/mol. The summed E-state index contributed by atoms with van der Waals surface area (Å²) in [6, 6.07) is 2.68. The van der Waals surface area contributed by atoms with Crippen molar-refractivity contribution in [3.05, 3.63) is 23.8 Å². The third kappa shape index (κ3) is 4.58. The van der Waals surface area contributed by atoms with E-state index >= 15 is 0 Å². The second kappa shape index (κ2) is 6.09. The highest BCUT2D eigenvalue weighted by Gasteiger charge is 2.31. The molecular weight excluding hydrogens is 267 g/mol. The first-order valence-corrected chi connectivity index (χ1v) is 5.39. The zero-order chi connectivity index (χ0) is 14.6. The second-order valence-corrected chi connectivity index (χ2v) is 3.86. The first kappa shape index (κ1) is 15.5. The molecule has 0 aliphatic carbocycles. The van der Waals surface area contributed by atoms with E-state index in [2.05, 4.69) is 4.74 Å². The number of phenols is 1. The second-order valence-electron chi connectivity index (χ2n) is 3.86. The summed E-state index contributed by atoms with van der Waals surface area (Å²) in [7, 11) is 0. The fraction of sp³-hybridized carbons (Fsp3) is 0.455. The van der Waals surface area contributed by atoms with Crippen LogP contribution in [0.5, 0.6) is 11.5 Å². The van der Waals surface area contributed by atoms with Gasteiger partial charge in [0.2, 0.25) is 0 Å². The van der Waals surface area contributed by atoms with Crippen LogP contribution >= 0.6 is 0 Å². The summed E-state index contributed by atoms with van der Waals surface area (Å²) in [6.45, 7) is 0.119. The fourth-order valence-corrected chi connectivity index (χ4v) is 1.51. The highest BCUT2D eigenvalue weighted by molar-refractivity contribution is 5.41. The van der Waals surface area contributed by atoms with Crippen LogP contribution in [0, 0.1) is 0 Å². The average molecular weight is 281 g/mol. The van der Waals surface area contributed by atoms with E-state index in [1.54, 1.807) is 0 Å². The Hall–Kier alpha value is -1.51. The Labute approximate surface area is 107 Å². The molecule has 0 radical (unpaired) electrons. The Morgan fingerprint density at radius 1 is 1.26 bits per heavy atom. The molecule has 0 saturated heterocycles. The summed E-state index contributed by atoms with van der Waals surface area (Å²) in [5.74, 6) is -1.22. The molecule has 1 aromatic rings. The van der Waals surface area contributed by atoms with Crippen molar-refractivity contribution in [2.75, 3.05) is 6.54 Å². The molecule has 0 bridgehead atoms. The van der Waals surface area contributed by atoms with E-state index in [9.17, 15) is 28.5 Å². The Morgan fingerprint density at radius 3 is 2.37 bits per heavy atom. The number of benzene rings is 1. The van der Waals surface area contributed by atoms with Crippen molar-refractivity contribution < 1.29 is 33.2 Å². The topological polar surface area (TPSA) is 95.9 Å². The summed E-state index contributed by atoms with van der Waals surface area (Å²) in [5.41, 5.74) is 5.10. The third-order valence-electron chi connectivity index (χ3n) is 2.38. The minimum absolute atomic E-state index is 0.0847. The van der Waals surface area contributed by atoms with Crippen molar-refractivity contribution in [2.45, 2.75) is 25.0 Å². The number of aliphatic hydroxyl groups excluding tert-OH is 2. The van der Waals surface area contributed by atoms with Crippen molar-refractivity contribution in [1.29, 1.82) is 0 Å². The molecule has 0 aromatic heterocycles. The highest BCUT2D eigenvalue weighted by atomic mass is 19.4. The Kier molecular flexibility index (Phi) is 4.98. The van der Waals surface area contributed by atoms with Crippen molar-refractivity contribution in [1.82, 2.24) is 0 Å². The van der Waals surface area contributed by atoms with Gasteiger partial charge < -0.3 is 25.8 Å². The molecule has 0 saturated carbocycles. The molecule has 1 aromatic carbocycles. The van der Waals surface area contributed by atoms with Crippen LogP contribution in [0.1, 0.15) is 18.1 Å². The number of rotatable bonds is 5. The standard InChI is InChI=1S/C11H14F3NO4/c12-11(13,14)19-6-1-2-7(9(17)5-6)10(18)8(16)3-4-15/h1-2,5,8,10,16-18H,3-4,15H2. The van der Waals surface area contributed by atoms with E-state index in [1.165, 1.54) is 0 Å². The van der Waals surface area contributed by atoms with Crippen LogP contribution in [0.25, 0.3) is 0 Å². The number of hydrogen-bond acceptors (Lipinski definition) is 5. The molecule has 108 valence electrons. The molecule has 0 spiro atoms. The van der Waals surface area contributed by atoms with E-state index in [4.69, 9.17) is 5.73 Å². The van der Waals surface area contributed by atoms with E-state index in [0.717, 1.165) is 12.1 Å². The Bertz CT molecular complexity index is 425. The molecule has 0 fully saturated rings. The lowest BCUT2D eigenvalue weighted by atomic mass is 10.0. The molecule has 0 amide bonds. The maximum absolute atomic E-state index is 12.0. The van der Waals surface area contributed by atoms with E-state index in [1.807, 2.05) is 0 Å². The molecule has 2 atom stereocenters. The molecule has 19 heavy (non-hydrogen) atoms. The molecule has 0 aliphatic heterocycles. The Balaban J connectivity index is 2.88. The minimum atomic E-state index is -4.87. The van der Waals surface area contributed by atoms with Gasteiger partial charge in [0.15, 0.2) is 0 Å². The number of ether oxygens (including phenoxy) is 1. The van der Waals surface area contributed by atoms with Gasteiger partial charge >= 0.3 is 6.36 Å². The van der Waals surface area contributed by atoms with Gasteiger partial charge in [-0.2, -0.15) is 0 Å². The van der Waals surface area contributed by atoms with Gasteiger partial charge in [0, 0.05) is 11.6 Å². The molecular formula is C11H14F3NO4. The van der Waals surface area contributed by atoms with Crippen LogP contribution in [-0.4, -0.2) is 34.3 Å². The predicted molar refractivity (Wildman–Crippen MR) is 59.4 cm³/mol. The lowest BCUT2D eigenvalue weighted by molar-refractivity contribution is -0.274. The van der Waals surface area contributed by atoms with Crippen LogP contribution < -0.4 is 10.5 Å². The first-order chi connectivity index (χ1) is 8.74. The number of hydrogen-bond donors (Lipinski definition) is 4. The lowest BCUT2D eigenvalue weighted by Gasteiger charge is -2.19. The van der Waals surface area contributed by atoms with Gasteiger partial charge in [0.05, 0.1) is 6.10 Å². The van der Waals surface area contributed by atoms with Crippen molar-refractivity contribution in [3.8, 4) is 11.5 Å². The number of aromatic hydroxyl groups is 1. The molecule has 1 rings (SSSR count). The predicted octanol–water partition coefficient (Wildman–Crippen LogP) is 1.03. The minimum Gasteiger partial charge on any atom is -0.507 e. The van der Waals surface area contributed by atoms with Crippen molar-refractivity contribution in [2.24, 2.45) is 5.73 Å². The van der Waals surface area contributed by atoms with Gasteiger partial charge in [-0.25, -0.2) is 0 Å². The fourth-order valence-electron chi connectivity index (χ4n) is 1.51. The van der Waals surface area contributed by atoms with Crippen LogP contribution in [0.3, 0.4) is 0 Å². The lowest BCUT2D eigenvalue weighted by Crippen LogP contribution is -2.22. The average Bonchev–Trinajstić information content (AvgIpc) is 2.26. The number of halogens is 3. The zero-order valence-corrected chi connectivity index (χ0v) is 9.76. The van der Waals surface area contributed by atoms with Crippen LogP contribution in [0.15, 0.2) is 18.2 Å². The third-order valence-corrected chi connectivity index (χ3v) is 2.38. The van der Waals surface area contributed by atoms with Gasteiger partial charge in [0.25, 0.3) is 0 Å². The number of alkyl halides is 3. The van der Waals surface area contributed by atoms with Gasteiger partial charge in [-0.3, -0.25) is 0 Å². The summed E-state index contributed by atoms with van der Waals surface area (Å²) in [4.78, 5) is 0. The first-order valence-electron chi connectivity index (χ1n) is 5.39. The maximum Gasteiger partial charge on any atom is 0.573 e. The van der Waals surface area contributed by atoms with Gasteiger partial charge in [-0.15, -0.1) is 13.2 Å². The number of aliphatic hydroxyl groups is 2. The Morgan fingerprint density at radius 2 is 1.89 bits per heavy atom. The van der Waals surface area contributed by atoms with Gasteiger partial charge in [0.1, 0.15) is 17.6 Å². The molecule has 8 heteroatoms.